The van der Waals surface area contributed by atoms with E-state index < -0.39 is 12.0 Å². The molecule has 116 valence electrons. The zero-order chi connectivity index (χ0) is 15.8. The summed E-state index contributed by atoms with van der Waals surface area (Å²) in [5.41, 5.74) is 2.08. The first-order chi connectivity index (χ1) is 10.7. The van der Waals surface area contributed by atoms with Crippen LogP contribution in [0.4, 0.5) is 0 Å². The highest BCUT2D eigenvalue weighted by Gasteiger charge is 2.16. The molecule has 1 aromatic rings. The van der Waals surface area contributed by atoms with Crippen LogP contribution in [-0.4, -0.2) is 30.1 Å². The van der Waals surface area contributed by atoms with E-state index in [1.165, 1.54) is 5.57 Å². The molecule has 0 heterocycles. The van der Waals surface area contributed by atoms with E-state index in [0.717, 1.165) is 24.2 Å². The molecular weight excluding hydrogens is 282 g/mol. The number of hydrogen-bond acceptors (Lipinski definition) is 3. The fourth-order valence-electron chi connectivity index (χ4n) is 2.21. The van der Waals surface area contributed by atoms with E-state index in [-0.39, 0.29) is 6.42 Å². The molecule has 0 aromatic heterocycles. The van der Waals surface area contributed by atoms with Crippen molar-refractivity contribution in [3.63, 3.8) is 0 Å². The summed E-state index contributed by atoms with van der Waals surface area (Å²) in [7, 11) is 0. The van der Waals surface area contributed by atoms with Crippen molar-refractivity contribution >= 4 is 12.4 Å². The molecule has 5 heteroatoms. The highest BCUT2D eigenvalue weighted by Crippen LogP contribution is 2.17. The van der Waals surface area contributed by atoms with Gasteiger partial charge in [-0.1, -0.05) is 30.4 Å². The second kappa shape index (κ2) is 8.02. The second-order valence-corrected chi connectivity index (χ2v) is 5.10. The molecule has 0 saturated carbocycles. The van der Waals surface area contributed by atoms with E-state index in [4.69, 9.17) is 9.84 Å². The van der Waals surface area contributed by atoms with Gasteiger partial charge in [-0.15, -0.1) is 0 Å². The largest absolute Gasteiger partial charge is 0.489 e. The number of aliphatic carboxylic acids is 1. The number of hydrogen-bond donors (Lipinski definition) is 2. The summed E-state index contributed by atoms with van der Waals surface area (Å²) < 4.78 is 5.71. The van der Waals surface area contributed by atoms with E-state index in [1.807, 2.05) is 30.3 Å². The highest BCUT2D eigenvalue weighted by molar-refractivity contribution is 5.76. The number of benzene rings is 1. The molecule has 0 bridgehead atoms. The molecule has 1 aliphatic rings. The van der Waals surface area contributed by atoms with Gasteiger partial charge in [0.15, 0.2) is 0 Å². The Kier molecular flexibility index (Phi) is 5.77. The minimum absolute atomic E-state index is 0.240. The topological polar surface area (TPSA) is 75.6 Å². The van der Waals surface area contributed by atoms with E-state index in [2.05, 4.69) is 17.5 Å². The molecule has 1 atom stereocenters. The van der Waals surface area contributed by atoms with Crippen LogP contribution < -0.4 is 10.1 Å². The van der Waals surface area contributed by atoms with Crippen LogP contribution in [-0.2, 0) is 16.0 Å². The highest BCUT2D eigenvalue weighted by atomic mass is 16.5. The SMILES string of the molecule is O=CNC(Cc1ccc(OCC2=CC=CCC2)cc1)C(=O)O. The number of carboxylic acids is 1. The van der Waals surface area contributed by atoms with Gasteiger partial charge in [0.25, 0.3) is 0 Å². The molecule has 5 nitrogen and oxygen atoms in total. The van der Waals surface area contributed by atoms with Crippen molar-refractivity contribution in [1.82, 2.24) is 5.32 Å². The van der Waals surface area contributed by atoms with Crippen molar-refractivity contribution in [3.8, 4) is 5.75 Å². The molecule has 1 amide bonds. The predicted octanol–water partition coefficient (Wildman–Crippen LogP) is 2.08. The van der Waals surface area contributed by atoms with E-state index in [9.17, 15) is 9.59 Å². The number of carbonyl (C=O) groups excluding carboxylic acids is 1. The average Bonchev–Trinajstić information content (AvgIpc) is 2.54. The van der Waals surface area contributed by atoms with Gasteiger partial charge in [-0.2, -0.15) is 0 Å². The number of carboxylic acid groups (broad SMARTS) is 1. The van der Waals surface area contributed by atoms with Gasteiger partial charge in [-0.3, -0.25) is 4.79 Å². The van der Waals surface area contributed by atoms with Crippen LogP contribution in [0.1, 0.15) is 18.4 Å². The van der Waals surface area contributed by atoms with E-state index in [1.54, 1.807) is 0 Å². The maximum absolute atomic E-state index is 11.0. The third-order valence-corrected chi connectivity index (χ3v) is 3.45. The lowest BCUT2D eigenvalue weighted by Gasteiger charge is -2.13. The van der Waals surface area contributed by atoms with Crippen molar-refractivity contribution in [3.05, 3.63) is 53.6 Å². The lowest BCUT2D eigenvalue weighted by atomic mass is 10.1. The number of allylic oxidation sites excluding steroid dienone is 3. The molecule has 1 unspecified atom stereocenters. The van der Waals surface area contributed by atoms with Crippen LogP contribution in [0.2, 0.25) is 0 Å². The van der Waals surface area contributed by atoms with Gasteiger partial charge in [-0.05, 0) is 36.1 Å². The standard InChI is InChI=1S/C17H19NO4/c19-12-18-16(17(20)21)10-13-6-8-15(9-7-13)22-11-14-4-2-1-3-5-14/h1-2,4,6-9,12,16H,3,5,10-11H2,(H,18,19)(H,20,21). The Hall–Kier alpha value is -2.56. The Morgan fingerprint density at radius 2 is 2.14 bits per heavy atom. The number of rotatable bonds is 8. The van der Waals surface area contributed by atoms with Gasteiger partial charge in [0.1, 0.15) is 18.4 Å². The molecule has 0 spiro atoms. The van der Waals surface area contributed by atoms with Gasteiger partial charge < -0.3 is 15.2 Å². The third-order valence-electron chi connectivity index (χ3n) is 3.45. The third kappa shape index (κ3) is 4.77. The Morgan fingerprint density at radius 1 is 1.36 bits per heavy atom. The van der Waals surface area contributed by atoms with Crippen molar-refractivity contribution in [1.29, 1.82) is 0 Å². The van der Waals surface area contributed by atoms with Crippen molar-refractivity contribution in [2.75, 3.05) is 6.61 Å². The monoisotopic (exact) mass is 301 g/mol. The zero-order valence-electron chi connectivity index (χ0n) is 12.2. The quantitative estimate of drug-likeness (QED) is 0.721. The van der Waals surface area contributed by atoms with Crippen molar-refractivity contribution in [2.45, 2.75) is 25.3 Å². The van der Waals surface area contributed by atoms with Crippen LogP contribution in [0.15, 0.2) is 48.1 Å². The molecule has 22 heavy (non-hydrogen) atoms. The van der Waals surface area contributed by atoms with Crippen LogP contribution in [0, 0.1) is 0 Å². The van der Waals surface area contributed by atoms with Crippen LogP contribution in [0.3, 0.4) is 0 Å². The molecule has 2 rings (SSSR count). The van der Waals surface area contributed by atoms with Gasteiger partial charge in [-0.25, -0.2) is 4.79 Å². The molecule has 0 radical (unpaired) electrons. The first kappa shape index (κ1) is 15.8. The van der Waals surface area contributed by atoms with Crippen LogP contribution in [0.5, 0.6) is 5.75 Å². The fourth-order valence-corrected chi connectivity index (χ4v) is 2.21. The summed E-state index contributed by atoms with van der Waals surface area (Å²) in [5, 5.41) is 11.3. The summed E-state index contributed by atoms with van der Waals surface area (Å²) in [6, 6.07) is 6.34. The van der Waals surface area contributed by atoms with Gasteiger partial charge in [0.2, 0.25) is 6.41 Å². The zero-order valence-corrected chi connectivity index (χ0v) is 12.2. The molecular formula is C17H19NO4. The van der Waals surface area contributed by atoms with Gasteiger partial charge in [0, 0.05) is 6.42 Å². The smallest absolute Gasteiger partial charge is 0.326 e. The summed E-state index contributed by atoms with van der Waals surface area (Å²) in [6.45, 7) is 0.564. The lowest BCUT2D eigenvalue weighted by Crippen LogP contribution is -2.37. The number of amides is 1. The van der Waals surface area contributed by atoms with E-state index in [0.29, 0.717) is 13.0 Å². The maximum atomic E-state index is 11.0. The molecule has 2 N–H and O–H groups in total. The first-order valence-electron chi connectivity index (χ1n) is 7.18. The summed E-state index contributed by atoms with van der Waals surface area (Å²) in [4.78, 5) is 21.4. The number of nitrogens with one attached hydrogen (secondary N) is 1. The summed E-state index contributed by atoms with van der Waals surface area (Å²) in [6.07, 6.45) is 8.95. The number of carbonyl (C=O) groups is 2. The normalized spacial score (nSPS) is 14.8. The fraction of sp³-hybridized carbons (Fsp3) is 0.294. The molecule has 0 fully saturated rings. The average molecular weight is 301 g/mol. The van der Waals surface area contributed by atoms with Gasteiger partial charge >= 0.3 is 5.97 Å². The molecule has 1 aliphatic carbocycles. The van der Waals surface area contributed by atoms with E-state index >= 15 is 0 Å². The maximum Gasteiger partial charge on any atom is 0.326 e. The Balaban J connectivity index is 1.89. The Labute approximate surface area is 129 Å². The molecule has 0 saturated heterocycles. The Morgan fingerprint density at radius 3 is 2.73 bits per heavy atom. The van der Waals surface area contributed by atoms with Gasteiger partial charge in [0.05, 0.1) is 0 Å². The predicted molar refractivity (Wildman–Crippen MR) is 82.7 cm³/mol. The first-order valence-corrected chi connectivity index (χ1v) is 7.18. The molecule has 0 aliphatic heterocycles. The summed E-state index contributed by atoms with van der Waals surface area (Å²) >= 11 is 0. The Bertz CT molecular complexity index is 575. The summed E-state index contributed by atoms with van der Waals surface area (Å²) in [5.74, 6) is -0.306. The van der Waals surface area contributed by atoms with Crippen LogP contribution in [0.25, 0.3) is 0 Å². The minimum Gasteiger partial charge on any atom is -0.489 e. The van der Waals surface area contributed by atoms with Crippen molar-refractivity contribution in [2.24, 2.45) is 0 Å². The molecule has 1 aromatic carbocycles. The second-order valence-electron chi connectivity index (χ2n) is 5.10. The minimum atomic E-state index is -1.05. The lowest BCUT2D eigenvalue weighted by molar-refractivity contribution is -0.140. The van der Waals surface area contributed by atoms with Crippen molar-refractivity contribution < 1.29 is 19.4 Å². The number of ether oxygens (including phenoxy) is 1. The van der Waals surface area contributed by atoms with Crippen LogP contribution >= 0.6 is 0 Å².